The van der Waals surface area contributed by atoms with Crippen LogP contribution in [0.4, 0.5) is 0 Å². The fourth-order valence-corrected chi connectivity index (χ4v) is 0.998. The molecule has 0 atom stereocenters. The first kappa shape index (κ1) is 8.94. The molecule has 62 valence electrons. The summed E-state index contributed by atoms with van der Waals surface area (Å²) in [7, 11) is 0. The van der Waals surface area contributed by atoms with Crippen LogP contribution in [0.15, 0.2) is 19.4 Å². The average molecular weight is 181 g/mol. The molecule has 1 aromatic heterocycles. The van der Waals surface area contributed by atoms with Gasteiger partial charge < -0.3 is 0 Å². The van der Waals surface area contributed by atoms with Crippen LogP contribution < -0.4 is 0 Å². The summed E-state index contributed by atoms with van der Waals surface area (Å²) >= 11 is 5.72. The Morgan fingerprint density at radius 3 is 2.83 bits per heavy atom. The molecule has 0 fully saturated rings. The lowest BCUT2D eigenvalue weighted by Gasteiger charge is -2.02. The summed E-state index contributed by atoms with van der Waals surface area (Å²) < 4.78 is 0. The molecule has 0 saturated heterocycles. The molecule has 3 heteroatoms. The predicted molar refractivity (Wildman–Crippen MR) is 51.7 cm³/mol. The number of hydrogen-bond donors (Lipinski definition) is 0. The molecule has 0 amide bonds. The quantitative estimate of drug-likeness (QED) is 0.699. The van der Waals surface area contributed by atoms with Gasteiger partial charge in [0.15, 0.2) is 0 Å². The zero-order chi connectivity index (χ0) is 9.14. The van der Waals surface area contributed by atoms with E-state index in [1.165, 1.54) is 0 Å². The molecule has 12 heavy (non-hydrogen) atoms. The first-order valence-corrected chi connectivity index (χ1v) is 3.84. The normalized spacial score (nSPS) is 9.50. The molecule has 1 heterocycles. The van der Waals surface area contributed by atoms with Gasteiger partial charge in [-0.25, -0.2) is 9.97 Å². The Labute approximate surface area is 76.6 Å². The Balaban J connectivity index is 3.29. The molecule has 1 aromatic rings. The summed E-state index contributed by atoms with van der Waals surface area (Å²) in [6.45, 7) is 9.04. The highest BCUT2D eigenvalue weighted by Gasteiger charge is 2.03. The second-order valence-corrected chi connectivity index (χ2v) is 2.78. The Kier molecular flexibility index (Phi) is 2.61. The third-order valence-electron chi connectivity index (χ3n) is 1.42. The molecular formula is C9H9ClN2. The number of aryl methyl sites for hydroxylation is 1. The molecule has 0 aromatic carbocycles. The summed E-state index contributed by atoms with van der Waals surface area (Å²) in [5, 5.41) is 0.435. The lowest BCUT2D eigenvalue weighted by Crippen LogP contribution is -1.94. The fourth-order valence-electron chi connectivity index (χ4n) is 0.852. The molecule has 0 saturated carbocycles. The Morgan fingerprint density at radius 1 is 1.67 bits per heavy atom. The van der Waals surface area contributed by atoms with E-state index in [0.717, 1.165) is 11.3 Å². The van der Waals surface area contributed by atoms with E-state index in [2.05, 4.69) is 23.1 Å². The van der Waals surface area contributed by atoms with Gasteiger partial charge in [0.1, 0.15) is 5.82 Å². The van der Waals surface area contributed by atoms with E-state index in [-0.39, 0.29) is 0 Å². The van der Waals surface area contributed by atoms with E-state index in [9.17, 15) is 0 Å². The predicted octanol–water partition coefficient (Wildman–Crippen LogP) is 2.64. The molecule has 0 spiro atoms. The van der Waals surface area contributed by atoms with Crippen LogP contribution in [0.5, 0.6) is 0 Å². The van der Waals surface area contributed by atoms with Crippen molar-refractivity contribution in [1.29, 1.82) is 0 Å². The summed E-state index contributed by atoms with van der Waals surface area (Å²) in [6.07, 6.45) is 3.28. The number of aromatic nitrogens is 2. The van der Waals surface area contributed by atoms with Crippen LogP contribution in [0.2, 0.25) is 0 Å². The van der Waals surface area contributed by atoms with E-state index in [1.807, 2.05) is 6.92 Å². The largest absolute Gasteiger partial charge is 0.241 e. The highest BCUT2D eigenvalue weighted by molar-refractivity contribution is 6.48. The topological polar surface area (TPSA) is 25.8 Å². The molecule has 0 unspecified atom stereocenters. The summed E-state index contributed by atoms with van der Waals surface area (Å²) in [5.41, 5.74) is 1.46. The van der Waals surface area contributed by atoms with Crippen molar-refractivity contribution >= 4 is 22.7 Å². The van der Waals surface area contributed by atoms with Crippen LogP contribution in [-0.4, -0.2) is 9.97 Å². The van der Waals surface area contributed by atoms with Gasteiger partial charge in [0, 0.05) is 16.8 Å². The zero-order valence-corrected chi connectivity index (χ0v) is 7.60. The Bertz CT molecular complexity index is 331. The monoisotopic (exact) mass is 180 g/mol. The molecule has 0 radical (unpaired) electrons. The van der Waals surface area contributed by atoms with Gasteiger partial charge in [-0.3, -0.25) is 0 Å². The van der Waals surface area contributed by atoms with Gasteiger partial charge in [0.25, 0.3) is 0 Å². The lowest BCUT2D eigenvalue weighted by atomic mass is 10.2. The maximum Gasteiger partial charge on any atom is 0.125 e. The molecule has 1 rings (SSSR count). The Hall–Kier alpha value is -1.15. The zero-order valence-electron chi connectivity index (χ0n) is 6.84. The van der Waals surface area contributed by atoms with Crippen molar-refractivity contribution in [3.8, 4) is 0 Å². The van der Waals surface area contributed by atoms with Crippen LogP contribution >= 0.6 is 11.6 Å². The van der Waals surface area contributed by atoms with Crippen LogP contribution in [-0.2, 0) is 0 Å². The van der Waals surface area contributed by atoms with E-state index in [1.54, 1.807) is 12.3 Å². The minimum atomic E-state index is 0.435. The molecule has 0 N–H and O–H groups in total. The fraction of sp³-hybridized carbons (Fsp3) is 0.111. The maximum absolute atomic E-state index is 5.72. The van der Waals surface area contributed by atoms with Crippen molar-refractivity contribution in [3.05, 3.63) is 36.4 Å². The van der Waals surface area contributed by atoms with Gasteiger partial charge in [0.2, 0.25) is 0 Å². The van der Waals surface area contributed by atoms with Gasteiger partial charge in [-0.1, -0.05) is 24.8 Å². The van der Waals surface area contributed by atoms with Gasteiger partial charge in [0.05, 0.1) is 5.69 Å². The molecule has 0 aliphatic heterocycles. The van der Waals surface area contributed by atoms with E-state index in [4.69, 9.17) is 11.6 Å². The maximum atomic E-state index is 5.72. The number of rotatable bonds is 2. The van der Waals surface area contributed by atoms with E-state index >= 15 is 0 Å². The van der Waals surface area contributed by atoms with Crippen molar-refractivity contribution in [2.45, 2.75) is 6.92 Å². The molecule has 0 aliphatic rings. The van der Waals surface area contributed by atoms with Crippen LogP contribution in [0.25, 0.3) is 11.1 Å². The van der Waals surface area contributed by atoms with E-state index in [0.29, 0.717) is 10.9 Å². The second kappa shape index (κ2) is 3.50. The molecule has 2 nitrogen and oxygen atoms in total. The average Bonchev–Trinajstić information content (AvgIpc) is 2.03. The molecule has 0 aliphatic carbocycles. The minimum absolute atomic E-state index is 0.435. The first-order valence-electron chi connectivity index (χ1n) is 3.46. The highest BCUT2D eigenvalue weighted by Crippen LogP contribution is 2.19. The SMILES string of the molecule is C=Cc1nc(C)ncc1C(=C)Cl. The highest BCUT2D eigenvalue weighted by atomic mass is 35.5. The van der Waals surface area contributed by atoms with Gasteiger partial charge in [-0.2, -0.15) is 0 Å². The number of nitrogens with zero attached hydrogens (tertiary/aromatic N) is 2. The van der Waals surface area contributed by atoms with Crippen molar-refractivity contribution < 1.29 is 0 Å². The summed E-state index contributed by atoms with van der Waals surface area (Å²) in [5.74, 6) is 0.701. The van der Waals surface area contributed by atoms with Gasteiger partial charge in [-0.15, -0.1) is 0 Å². The second-order valence-electron chi connectivity index (χ2n) is 2.33. The van der Waals surface area contributed by atoms with E-state index < -0.39 is 0 Å². The standard InChI is InChI=1S/C9H9ClN2/c1-4-9-8(6(2)10)5-11-7(3)12-9/h4-5H,1-2H2,3H3. The van der Waals surface area contributed by atoms with Gasteiger partial charge in [-0.05, 0) is 13.0 Å². The minimum Gasteiger partial charge on any atom is -0.241 e. The Morgan fingerprint density at radius 2 is 2.33 bits per heavy atom. The first-order chi connectivity index (χ1) is 5.65. The smallest absolute Gasteiger partial charge is 0.125 e. The van der Waals surface area contributed by atoms with Crippen LogP contribution in [0.1, 0.15) is 17.1 Å². The third-order valence-corrected chi connectivity index (χ3v) is 1.63. The summed E-state index contributed by atoms with van der Waals surface area (Å²) in [4.78, 5) is 8.14. The van der Waals surface area contributed by atoms with Gasteiger partial charge >= 0.3 is 0 Å². The number of halogens is 1. The van der Waals surface area contributed by atoms with Crippen molar-refractivity contribution in [2.75, 3.05) is 0 Å². The van der Waals surface area contributed by atoms with Crippen LogP contribution in [0.3, 0.4) is 0 Å². The summed E-state index contributed by atoms with van der Waals surface area (Å²) in [6, 6.07) is 0. The van der Waals surface area contributed by atoms with Crippen molar-refractivity contribution in [2.24, 2.45) is 0 Å². The number of hydrogen-bond acceptors (Lipinski definition) is 2. The van der Waals surface area contributed by atoms with Crippen LogP contribution in [0, 0.1) is 6.92 Å². The molecular weight excluding hydrogens is 172 g/mol. The van der Waals surface area contributed by atoms with Crippen molar-refractivity contribution in [1.82, 2.24) is 9.97 Å². The van der Waals surface area contributed by atoms with Crippen molar-refractivity contribution in [3.63, 3.8) is 0 Å². The third kappa shape index (κ3) is 1.71. The lowest BCUT2D eigenvalue weighted by molar-refractivity contribution is 1.04. The molecule has 0 bridgehead atoms.